The number of rotatable bonds is 8. The summed E-state index contributed by atoms with van der Waals surface area (Å²) in [5, 5.41) is 3.00. The molecule has 2 atom stereocenters. The maximum absolute atomic E-state index is 13.3. The van der Waals surface area contributed by atoms with E-state index in [2.05, 4.69) is 27.3 Å². The number of hydrogen-bond acceptors (Lipinski definition) is 2. The minimum Gasteiger partial charge on any atom is -0.352 e. The third-order valence-electron chi connectivity index (χ3n) is 5.26. The second kappa shape index (κ2) is 10.6. The quantitative estimate of drug-likeness (QED) is 0.608. The molecule has 2 amide bonds. The molecular weight excluding hydrogens is 428 g/mol. The molecule has 29 heavy (non-hydrogen) atoms. The summed E-state index contributed by atoms with van der Waals surface area (Å²) in [7, 11) is 0. The monoisotopic (exact) mass is 458 g/mol. The molecule has 4 nitrogen and oxygen atoms in total. The molecule has 0 aliphatic rings. The van der Waals surface area contributed by atoms with Crippen LogP contribution in [0.15, 0.2) is 46.9 Å². The smallest absolute Gasteiger partial charge is 0.242 e. The number of carbonyl (C=O) groups excluding carboxylic acids is 2. The Balaban J connectivity index is 2.28. The molecule has 0 heterocycles. The van der Waals surface area contributed by atoms with Gasteiger partial charge in [0.05, 0.1) is 6.42 Å². The first-order valence-corrected chi connectivity index (χ1v) is 10.9. The summed E-state index contributed by atoms with van der Waals surface area (Å²) in [6, 6.07) is 13.5. The first-order chi connectivity index (χ1) is 13.7. The molecule has 0 fully saturated rings. The van der Waals surface area contributed by atoms with Crippen molar-refractivity contribution in [1.29, 1.82) is 0 Å². The summed E-state index contributed by atoms with van der Waals surface area (Å²) in [6.07, 6.45) is 1.13. The molecule has 2 rings (SSSR count). The van der Waals surface area contributed by atoms with Crippen LogP contribution in [-0.4, -0.2) is 28.8 Å². The first-order valence-electron chi connectivity index (χ1n) is 10.1. The molecule has 5 heteroatoms. The van der Waals surface area contributed by atoms with Crippen molar-refractivity contribution in [2.24, 2.45) is 0 Å². The zero-order chi connectivity index (χ0) is 21.6. The minimum atomic E-state index is -0.555. The Morgan fingerprint density at radius 1 is 1.10 bits per heavy atom. The maximum Gasteiger partial charge on any atom is 0.242 e. The summed E-state index contributed by atoms with van der Waals surface area (Å²) in [6.45, 7) is 10.2. The maximum atomic E-state index is 13.3. The Kier molecular flexibility index (Phi) is 8.45. The van der Waals surface area contributed by atoms with Gasteiger partial charge in [0.1, 0.15) is 6.04 Å². The highest BCUT2D eigenvalue weighted by Gasteiger charge is 2.27. The molecule has 156 valence electrons. The summed E-state index contributed by atoms with van der Waals surface area (Å²) >= 11 is 3.49. The average Bonchev–Trinajstić information content (AvgIpc) is 2.68. The second-order valence-corrected chi connectivity index (χ2v) is 8.67. The van der Waals surface area contributed by atoms with Gasteiger partial charge >= 0.3 is 0 Å². The number of nitrogens with one attached hydrogen (secondary N) is 1. The molecule has 0 aliphatic carbocycles. The predicted octanol–water partition coefficient (Wildman–Crippen LogP) is 4.94. The van der Waals surface area contributed by atoms with Gasteiger partial charge in [0.25, 0.3) is 0 Å². The van der Waals surface area contributed by atoms with Crippen LogP contribution in [0.5, 0.6) is 0 Å². The highest BCUT2D eigenvalue weighted by atomic mass is 79.9. The predicted molar refractivity (Wildman–Crippen MR) is 122 cm³/mol. The lowest BCUT2D eigenvalue weighted by Gasteiger charge is -2.30. The Hall–Kier alpha value is -2.14. The van der Waals surface area contributed by atoms with Crippen LogP contribution in [0.25, 0.3) is 0 Å². The first kappa shape index (κ1) is 23.1. The van der Waals surface area contributed by atoms with Gasteiger partial charge in [-0.05, 0) is 62.9 Å². The van der Waals surface area contributed by atoms with Crippen molar-refractivity contribution < 1.29 is 9.59 Å². The molecule has 2 aromatic carbocycles. The van der Waals surface area contributed by atoms with Crippen molar-refractivity contribution in [3.63, 3.8) is 0 Å². The van der Waals surface area contributed by atoms with E-state index in [0.717, 1.165) is 33.1 Å². The third kappa shape index (κ3) is 6.70. The van der Waals surface area contributed by atoms with Gasteiger partial charge in [0, 0.05) is 17.1 Å². The van der Waals surface area contributed by atoms with Gasteiger partial charge in [-0.2, -0.15) is 0 Å². The lowest BCUT2D eigenvalue weighted by molar-refractivity contribution is -0.140. The van der Waals surface area contributed by atoms with Crippen molar-refractivity contribution in [2.75, 3.05) is 0 Å². The van der Waals surface area contributed by atoms with Crippen molar-refractivity contribution in [3.05, 3.63) is 69.2 Å². The molecule has 0 bridgehead atoms. The van der Waals surface area contributed by atoms with Crippen LogP contribution >= 0.6 is 15.9 Å². The highest BCUT2D eigenvalue weighted by Crippen LogP contribution is 2.18. The van der Waals surface area contributed by atoms with Gasteiger partial charge in [-0.3, -0.25) is 9.59 Å². The third-order valence-corrected chi connectivity index (χ3v) is 5.75. The van der Waals surface area contributed by atoms with Crippen LogP contribution in [0.4, 0.5) is 0 Å². The molecule has 1 N–H and O–H groups in total. The van der Waals surface area contributed by atoms with Gasteiger partial charge in [-0.15, -0.1) is 0 Å². The van der Waals surface area contributed by atoms with E-state index in [1.165, 1.54) is 0 Å². The van der Waals surface area contributed by atoms with E-state index < -0.39 is 6.04 Å². The van der Waals surface area contributed by atoms with Crippen LogP contribution in [0.1, 0.15) is 49.4 Å². The zero-order valence-electron chi connectivity index (χ0n) is 18.0. The number of hydrogen-bond donors (Lipinski definition) is 1. The normalized spacial score (nSPS) is 12.9. The second-order valence-electron chi connectivity index (χ2n) is 7.75. The summed E-state index contributed by atoms with van der Waals surface area (Å²) in [5.41, 5.74) is 4.20. The number of benzene rings is 2. The van der Waals surface area contributed by atoms with Gasteiger partial charge in [-0.25, -0.2) is 0 Å². The summed E-state index contributed by atoms with van der Waals surface area (Å²) in [5.74, 6) is -0.172. The SMILES string of the molecule is CCC(C)NC(=O)C(C)N(Cc1cccc(Br)c1)C(=O)Cc1cc(C)ccc1C. The average molecular weight is 459 g/mol. The molecule has 2 aromatic rings. The Bertz CT molecular complexity index is 866. The van der Waals surface area contributed by atoms with Crippen molar-refractivity contribution in [3.8, 4) is 0 Å². The van der Waals surface area contributed by atoms with Crippen LogP contribution in [0.3, 0.4) is 0 Å². The van der Waals surface area contributed by atoms with Crippen LogP contribution in [0.2, 0.25) is 0 Å². The summed E-state index contributed by atoms with van der Waals surface area (Å²) < 4.78 is 0.952. The van der Waals surface area contributed by atoms with Crippen molar-refractivity contribution >= 4 is 27.7 Å². The minimum absolute atomic E-state index is 0.0505. The van der Waals surface area contributed by atoms with E-state index in [1.807, 2.05) is 64.1 Å². The Morgan fingerprint density at radius 3 is 2.48 bits per heavy atom. The van der Waals surface area contributed by atoms with E-state index in [9.17, 15) is 9.59 Å². The number of nitrogens with zero attached hydrogens (tertiary/aromatic N) is 1. The molecule has 0 saturated heterocycles. The largest absolute Gasteiger partial charge is 0.352 e. The van der Waals surface area contributed by atoms with E-state index in [-0.39, 0.29) is 24.3 Å². The molecule has 0 saturated carbocycles. The van der Waals surface area contributed by atoms with Crippen LogP contribution in [-0.2, 0) is 22.6 Å². The fourth-order valence-corrected chi connectivity index (χ4v) is 3.58. The lowest BCUT2D eigenvalue weighted by Crippen LogP contribution is -2.49. The fourth-order valence-electron chi connectivity index (χ4n) is 3.14. The lowest BCUT2D eigenvalue weighted by atomic mass is 10.0. The topological polar surface area (TPSA) is 49.4 Å². The number of amides is 2. The molecule has 0 spiro atoms. The van der Waals surface area contributed by atoms with Gasteiger partial charge in [0.2, 0.25) is 11.8 Å². The number of halogens is 1. The fraction of sp³-hybridized carbons (Fsp3) is 0.417. The Morgan fingerprint density at radius 2 is 1.83 bits per heavy atom. The van der Waals surface area contributed by atoms with E-state index in [4.69, 9.17) is 0 Å². The number of aryl methyl sites for hydroxylation is 2. The van der Waals surface area contributed by atoms with Crippen molar-refractivity contribution in [1.82, 2.24) is 10.2 Å². The Labute approximate surface area is 182 Å². The van der Waals surface area contributed by atoms with Gasteiger partial charge < -0.3 is 10.2 Å². The van der Waals surface area contributed by atoms with E-state index in [0.29, 0.717) is 6.54 Å². The number of carbonyl (C=O) groups is 2. The summed E-state index contributed by atoms with van der Waals surface area (Å²) in [4.78, 5) is 27.8. The molecule has 0 aliphatic heterocycles. The zero-order valence-corrected chi connectivity index (χ0v) is 19.5. The molecule has 0 aromatic heterocycles. The molecule has 2 unspecified atom stereocenters. The van der Waals surface area contributed by atoms with Crippen LogP contribution < -0.4 is 5.32 Å². The molecular formula is C24H31BrN2O2. The molecule has 0 radical (unpaired) electrons. The van der Waals surface area contributed by atoms with Crippen LogP contribution in [0, 0.1) is 13.8 Å². The highest BCUT2D eigenvalue weighted by molar-refractivity contribution is 9.10. The van der Waals surface area contributed by atoms with Gasteiger partial charge in [-0.1, -0.05) is 58.7 Å². The van der Waals surface area contributed by atoms with E-state index >= 15 is 0 Å². The van der Waals surface area contributed by atoms with Crippen molar-refractivity contribution in [2.45, 2.75) is 66.1 Å². The standard InChI is InChI=1S/C24H31BrN2O2/c1-6-18(4)26-24(29)19(5)27(15-20-8-7-9-22(25)13-20)23(28)14-21-12-16(2)10-11-17(21)3/h7-13,18-19H,6,14-15H2,1-5H3,(H,26,29). The van der Waals surface area contributed by atoms with Gasteiger partial charge in [0.15, 0.2) is 0 Å². The van der Waals surface area contributed by atoms with E-state index in [1.54, 1.807) is 11.8 Å².